The molecule has 6 nitrogen and oxygen atoms in total. The zero-order valence-electron chi connectivity index (χ0n) is 16.2. The lowest BCUT2D eigenvalue weighted by Gasteiger charge is -2.19. The molecule has 0 fully saturated rings. The normalized spacial score (nSPS) is 12.8. The minimum atomic E-state index is -3.71. The Morgan fingerprint density at radius 2 is 1.67 bits per heavy atom. The van der Waals surface area contributed by atoms with Crippen LogP contribution < -0.4 is 9.46 Å². The molecule has 0 radical (unpaired) electrons. The molecule has 1 atom stereocenters. The van der Waals surface area contributed by atoms with Crippen molar-refractivity contribution < 1.29 is 23.0 Å². The molecule has 0 heterocycles. The maximum atomic E-state index is 12.7. The maximum Gasteiger partial charge on any atom is 0.240 e. The van der Waals surface area contributed by atoms with Crippen LogP contribution in [-0.4, -0.2) is 40.4 Å². The van der Waals surface area contributed by atoms with Gasteiger partial charge in [-0.3, -0.25) is 0 Å². The van der Waals surface area contributed by atoms with Crippen LogP contribution in [0.1, 0.15) is 28.4 Å². The number of nitrogens with one attached hydrogen (secondary N) is 1. The Morgan fingerprint density at radius 1 is 1.07 bits per heavy atom. The first-order valence-electron chi connectivity index (χ1n) is 8.72. The second-order valence-electron chi connectivity index (χ2n) is 6.44. The summed E-state index contributed by atoms with van der Waals surface area (Å²) in [4.78, 5) is 0.183. The maximum absolute atomic E-state index is 12.7. The molecule has 2 N–H and O–H groups in total. The summed E-state index contributed by atoms with van der Waals surface area (Å²) in [6, 6.07) is 10.8. The van der Waals surface area contributed by atoms with Gasteiger partial charge in [0.1, 0.15) is 5.75 Å². The number of aliphatic hydroxyl groups excluding tert-OH is 1. The minimum Gasteiger partial charge on any atom is -0.496 e. The number of rotatable bonds is 9. The van der Waals surface area contributed by atoms with E-state index >= 15 is 0 Å². The number of sulfonamides is 1. The van der Waals surface area contributed by atoms with Crippen molar-refractivity contribution in [1.82, 2.24) is 4.72 Å². The van der Waals surface area contributed by atoms with Crippen molar-refractivity contribution in [2.75, 3.05) is 26.9 Å². The number of aliphatic hydroxyl groups is 1. The van der Waals surface area contributed by atoms with Crippen molar-refractivity contribution in [3.63, 3.8) is 0 Å². The van der Waals surface area contributed by atoms with E-state index in [1.165, 1.54) is 0 Å². The largest absolute Gasteiger partial charge is 0.496 e. The van der Waals surface area contributed by atoms with Crippen molar-refractivity contribution in [2.24, 2.45) is 0 Å². The smallest absolute Gasteiger partial charge is 0.240 e. The van der Waals surface area contributed by atoms with Crippen LogP contribution in [0.4, 0.5) is 0 Å². The van der Waals surface area contributed by atoms with E-state index in [1.54, 1.807) is 19.2 Å². The van der Waals surface area contributed by atoms with Crippen LogP contribution in [0.3, 0.4) is 0 Å². The lowest BCUT2D eigenvalue weighted by atomic mass is 10.1. The van der Waals surface area contributed by atoms with Crippen LogP contribution in [0.15, 0.2) is 41.3 Å². The van der Waals surface area contributed by atoms with Crippen molar-refractivity contribution in [2.45, 2.75) is 31.8 Å². The molecule has 148 valence electrons. The molecule has 0 spiro atoms. The van der Waals surface area contributed by atoms with Gasteiger partial charge in [-0.15, -0.1) is 0 Å². The van der Waals surface area contributed by atoms with Gasteiger partial charge in [0.25, 0.3) is 0 Å². The fourth-order valence-electron chi connectivity index (χ4n) is 2.91. The van der Waals surface area contributed by atoms with Gasteiger partial charge in [0.15, 0.2) is 0 Å². The number of methoxy groups -OCH3 is 1. The lowest BCUT2D eigenvalue weighted by molar-refractivity contribution is 0.0309. The number of hydrogen-bond donors (Lipinski definition) is 2. The molecule has 27 heavy (non-hydrogen) atoms. The van der Waals surface area contributed by atoms with Gasteiger partial charge < -0.3 is 14.6 Å². The molecule has 0 bridgehead atoms. The summed E-state index contributed by atoms with van der Waals surface area (Å²) < 4.78 is 39.0. The summed E-state index contributed by atoms with van der Waals surface area (Å²) in [7, 11) is -2.15. The summed E-state index contributed by atoms with van der Waals surface area (Å²) in [5, 5.41) is 9.05. The Labute approximate surface area is 161 Å². The zero-order chi connectivity index (χ0) is 20.0. The van der Waals surface area contributed by atoms with Crippen molar-refractivity contribution in [3.8, 4) is 5.75 Å². The molecule has 2 aromatic rings. The fourth-order valence-corrected chi connectivity index (χ4v) is 4.11. The molecule has 0 aliphatic rings. The van der Waals surface area contributed by atoms with Crippen LogP contribution in [0.25, 0.3) is 0 Å². The van der Waals surface area contributed by atoms with Crippen LogP contribution >= 0.6 is 0 Å². The first kappa shape index (κ1) is 21.4. The Kier molecular flexibility index (Phi) is 7.38. The summed E-state index contributed by atoms with van der Waals surface area (Å²) in [5.74, 6) is 0.678. The van der Waals surface area contributed by atoms with Gasteiger partial charge in [0.2, 0.25) is 10.0 Å². The molecular weight excluding hydrogens is 366 g/mol. The highest BCUT2D eigenvalue weighted by Crippen LogP contribution is 2.26. The summed E-state index contributed by atoms with van der Waals surface area (Å²) in [5.41, 5.74) is 3.46. The van der Waals surface area contributed by atoms with Crippen LogP contribution in [-0.2, 0) is 14.8 Å². The molecule has 0 aromatic heterocycles. The average molecular weight is 394 g/mol. The second-order valence-corrected chi connectivity index (χ2v) is 8.20. The fraction of sp³-hybridized carbons (Fsp3) is 0.400. The Balaban J connectivity index is 2.20. The van der Waals surface area contributed by atoms with Gasteiger partial charge in [0.05, 0.1) is 31.3 Å². The standard InChI is InChI=1S/C20H27NO5S/c1-14-5-7-17(8-6-14)19(26-10-9-22)13-21-27(23,24)18-11-15(2)20(25-4)16(3)12-18/h5-8,11-12,19,21-22H,9-10,13H2,1-4H3. The van der Waals surface area contributed by atoms with E-state index in [4.69, 9.17) is 14.6 Å². The highest BCUT2D eigenvalue weighted by atomic mass is 32.2. The predicted octanol–water partition coefficient (Wildman–Crippen LogP) is 2.65. The molecular formula is C20H27NO5S. The van der Waals surface area contributed by atoms with E-state index in [1.807, 2.05) is 45.0 Å². The number of ether oxygens (including phenoxy) is 2. The molecule has 0 amide bonds. The summed E-state index contributed by atoms with van der Waals surface area (Å²) in [6.07, 6.45) is -0.493. The lowest BCUT2D eigenvalue weighted by Crippen LogP contribution is -2.30. The first-order chi connectivity index (χ1) is 12.8. The van der Waals surface area contributed by atoms with Crippen molar-refractivity contribution >= 4 is 10.0 Å². The van der Waals surface area contributed by atoms with Gasteiger partial charge in [-0.2, -0.15) is 0 Å². The molecule has 7 heteroatoms. The molecule has 1 unspecified atom stereocenters. The van der Waals surface area contributed by atoms with Gasteiger partial charge >= 0.3 is 0 Å². The molecule has 2 aromatic carbocycles. The number of benzene rings is 2. The van der Waals surface area contributed by atoms with Crippen LogP contribution in [0, 0.1) is 20.8 Å². The van der Waals surface area contributed by atoms with E-state index in [0.717, 1.165) is 22.3 Å². The van der Waals surface area contributed by atoms with E-state index in [-0.39, 0.29) is 24.7 Å². The molecule has 2 rings (SSSR count). The Morgan fingerprint density at radius 3 is 2.19 bits per heavy atom. The summed E-state index contributed by atoms with van der Waals surface area (Å²) in [6.45, 7) is 5.65. The molecule has 0 aliphatic carbocycles. The second kappa shape index (κ2) is 9.32. The average Bonchev–Trinajstić information content (AvgIpc) is 2.62. The topological polar surface area (TPSA) is 84.9 Å². The Bertz CT molecular complexity index is 839. The van der Waals surface area contributed by atoms with Crippen molar-refractivity contribution in [1.29, 1.82) is 0 Å². The molecule has 0 aliphatic heterocycles. The van der Waals surface area contributed by atoms with Gasteiger partial charge in [0, 0.05) is 6.54 Å². The quantitative estimate of drug-likeness (QED) is 0.684. The van der Waals surface area contributed by atoms with E-state index in [9.17, 15) is 8.42 Å². The van der Waals surface area contributed by atoms with E-state index in [2.05, 4.69) is 4.72 Å². The third-order valence-electron chi connectivity index (χ3n) is 4.27. The minimum absolute atomic E-state index is 0.0650. The number of aryl methyl sites for hydroxylation is 3. The highest BCUT2D eigenvalue weighted by molar-refractivity contribution is 7.89. The third kappa shape index (κ3) is 5.52. The van der Waals surface area contributed by atoms with Gasteiger partial charge in [-0.05, 0) is 49.6 Å². The molecule has 0 saturated carbocycles. The van der Waals surface area contributed by atoms with E-state index < -0.39 is 16.1 Å². The number of hydrogen-bond acceptors (Lipinski definition) is 5. The summed E-state index contributed by atoms with van der Waals surface area (Å²) >= 11 is 0. The third-order valence-corrected chi connectivity index (χ3v) is 5.67. The molecule has 0 saturated heterocycles. The van der Waals surface area contributed by atoms with Gasteiger partial charge in [-0.25, -0.2) is 13.1 Å². The van der Waals surface area contributed by atoms with Crippen LogP contribution in [0.2, 0.25) is 0 Å². The zero-order valence-corrected chi connectivity index (χ0v) is 17.0. The highest BCUT2D eigenvalue weighted by Gasteiger charge is 2.20. The van der Waals surface area contributed by atoms with E-state index in [0.29, 0.717) is 5.75 Å². The Hall–Kier alpha value is -1.93. The predicted molar refractivity (Wildman–Crippen MR) is 105 cm³/mol. The van der Waals surface area contributed by atoms with Crippen LogP contribution in [0.5, 0.6) is 5.75 Å². The first-order valence-corrected chi connectivity index (χ1v) is 10.2. The van der Waals surface area contributed by atoms with Crippen molar-refractivity contribution in [3.05, 3.63) is 58.7 Å². The van der Waals surface area contributed by atoms with Gasteiger partial charge in [-0.1, -0.05) is 29.8 Å². The SMILES string of the molecule is COc1c(C)cc(S(=O)(=O)NCC(OCCO)c2ccc(C)cc2)cc1C. The monoisotopic (exact) mass is 393 g/mol.